The van der Waals surface area contributed by atoms with Crippen molar-refractivity contribution in [1.29, 1.82) is 0 Å². The van der Waals surface area contributed by atoms with E-state index in [9.17, 15) is 10.0 Å². The van der Waals surface area contributed by atoms with Crippen LogP contribution < -0.4 is 5.06 Å². The molecule has 0 saturated heterocycles. The highest BCUT2D eigenvalue weighted by atomic mass is 16.5. The molecule has 0 spiro atoms. The average molecular weight is 267 g/mol. The third-order valence-corrected chi connectivity index (χ3v) is 3.88. The van der Waals surface area contributed by atoms with Gasteiger partial charge in [0, 0.05) is 6.92 Å². The molecule has 1 aliphatic carbocycles. The van der Waals surface area contributed by atoms with Gasteiger partial charge in [0.25, 0.3) is 0 Å². The summed E-state index contributed by atoms with van der Waals surface area (Å²) >= 11 is 0. The summed E-state index contributed by atoms with van der Waals surface area (Å²) in [5.74, 6) is -0.381. The van der Waals surface area contributed by atoms with Crippen molar-refractivity contribution >= 4 is 11.6 Å². The van der Waals surface area contributed by atoms with Gasteiger partial charge in [0.15, 0.2) is 0 Å². The average Bonchev–Trinajstić information content (AvgIpc) is 2.82. The van der Waals surface area contributed by atoms with E-state index in [1.807, 2.05) is 12.1 Å². The highest BCUT2D eigenvalue weighted by Crippen LogP contribution is 2.38. The number of carbonyl (C=O) groups excluding carboxylic acids is 1. The van der Waals surface area contributed by atoms with Gasteiger partial charge in [-0.3, -0.25) is 10.0 Å². The van der Waals surface area contributed by atoms with Gasteiger partial charge in [-0.05, 0) is 52.8 Å². The topological polar surface area (TPSA) is 40.5 Å². The molecule has 0 radical (unpaired) electrons. The highest BCUT2D eigenvalue weighted by molar-refractivity contribution is 5.90. The van der Waals surface area contributed by atoms with E-state index >= 15 is 0 Å². The molecular formula is C17H17NO2. The van der Waals surface area contributed by atoms with Crippen molar-refractivity contribution < 1.29 is 10.0 Å². The quantitative estimate of drug-likeness (QED) is 0.569. The molecule has 0 aliphatic heterocycles. The number of hydrogen-bond acceptors (Lipinski definition) is 2. The van der Waals surface area contributed by atoms with Crippen LogP contribution in [0.25, 0.3) is 11.1 Å². The summed E-state index contributed by atoms with van der Waals surface area (Å²) in [6.07, 6.45) is 1.89. The van der Waals surface area contributed by atoms with Crippen LogP contribution in [0.4, 0.5) is 5.69 Å². The van der Waals surface area contributed by atoms with Crippen LogP contribution in [-0.4, -0.2) is 11.1 Å². The van der Waals surface area contributed by atoms with E-state index in [2.05, 4.69) is 25.1 Å². The van der Waals surface area contributed by atoms with Crippen LogP contribution in [-0.2, 0) is 17.6 Å². The van der Waals surface area contributed by atoms with Crippen molar-refractivity contribution in [3.05, 3.63) is 53.1 Å². The van der Waals surface area contributed by atoms with E-state index in [1.165, 1.54) is 29.2 Å². The molecule has 2 aromatic rings. The number of amides is 1. The first kappa shape index (κ1) is 12.9. The van der Waals surface area contributed by atoms with Gasteiger partial charge in [0.1, 0.15) is 0 Å². The van der Waals surface area contributed by atoms with Crippen LogP contribution >= 0.6 is 0 Å². The van der Waals surface area contributed by atoms with Crippen molar-refractivity contribution in [3.8, 4) is 11.1 Å². The molecule has 3 heteroatoms. The first-order valence-corrected chi connectivity index (χ1v) is 6.85. The van der Waals surface area contributed by atoms with Gasteiger partial charge in [0.2, 0.25) is 5.91 Å². The number of benzene rings is 2. The molecule has 3 nitrogen and oxygen atoms in total. The van der Waals surface area contributed by atoms with E-state index in [0.29, 0.717) is 10.8 Å². The van der Waals surface area contributed by atoms with Gasteiger partial charge in [-0.1, -0.05) is 31.2 Å². The second-order valence-corrected chi connectivity index (χ2v) is 5.19. The predicted octanol–water partition coefficient (Wildman–Crippen LogP) is 3.56. The molecule has 3 rings (SSSR count). The minimum Gasteiger partial charge on any atom is -0.281 e. The number of rotatable bonds is 2. The minimum atomic E-state index is -0.381. The zero-order valence-corrected chi connectivity index (χ0v) is 11.7. The number of aryl methyl sites for hydroxylation is 1. The molecule has 0 fully saturated rings. The van der Waals surface area contributed by atoms with Gasteiger partial charge < -0.3 is 0 Å². The van der Waals surface area contributed by atoms with Crippen LogP contribution in [0.5, 0.6) is 0 Å². The summed E-state index contributed by atoms with van der Waals surface area (Å²) in [5, 5.41) is 10.4. The molecule has 0 aromatic heterocycles. The number of anilines is 1. The Morgan fingerprint density at radius 3 is 2.45 bits per heavy atom. The highest BCUT2D eigenvalue weighted by Gasteiger charge is 2.20. The summed E-state index contributed by atoms with van der Waals surface area (Å²) < 4.78 is 0. The van der Waals surface area contributed by atoms with Gasteiger partial charge >= 0.3 is 0 Å². The maximum absolute atomic E-state index is 11.2. The number of carbonyl (C=O) groups is 1. The molecule has 1 amide bonds. The summed E-state index contributed by atoms with van der Waals surface area (Å²) in [4.78, 5) is 11.2. The Kier molecular flexibility index (Phi) is 3.07. The smallest absolute Gasteiger partial charge is 0.247 e. The van der Waals surface area contributed by atoms with Crippen molar-refractivity contribution in [1.82, 2.24) is 0 Å². The van der Waals surface area contributed by atoms with E-state index < -0.39 is 0 Å². The normalized spacial score (nSPS) is 11.9. The van der Waals surface area contributed by atoms with E-state index in [-0.39, 0.29) is 5.91 Å². The predicted molar refractivity (Wildman–Crippen MR) is 79.0 cm³/mol. The van der Waals surface area contributed by atoms with E-state index in [4.69, 9.17) is 0 Å². The Balaban J connectivity index is 2.02. The molecular weight excluding hydrogens is 250 g/mol. The third-order valence-electron chi connectivity index (χ3n) is 3.88. The van der Waals surface area contributed by atoms with E-state index in [1.54, 1.807) is 6.07 Å². The second-order valence-electron chi connectivity index (χ2n) is 5.19. The monoisotopic (exact) mass is 267 g/mol. The fourth-order valence-corrected chi connectivity index (χ4v) is 2.78. The first-order valence-electron chi connectivity index (χ1n) is 6.85. The third kappa shape index (κ3) is 2.00. The zero-order valence-electron chi connectivity index (χ0n) is 11.7. The van der Waals surface area contributed by atoms with Gasteiger partial charge in [-0.25, -0.2) is 0 Å². The number of nitrogens with zero attached hydrogens (tertiary/aromatic N) is 1. The summed E-state index contributed by atoms with van der Waals surface area (Å²) in [6, 6.07) is 12.2. The van der Waals surface area contributed by atoms with Crippen molar-refractivity contribution in [2.75, 3.05) is 5.06 Å². The van der Waals surface area contributed by atoms with Crippen LogP contribution in [0.3, 0.4) is 0 Å². The molecule has 0 unspecified atom stereocenters. The number of fused-ring (bicyclic) bond motifs is 3. The van der Waals surface area contributed by atoms with E-state index in [0.717, 1.165) is 18.4 Å². The van der Waals surface area contributed by atoms with Gasteiger partial charge in [0.05, 0.1) is 5.69 Å². The minimum absolute atomic E-state index is 0.381. The van der Waals surface area contributed by atoms with Gasteiger partial charge in [-0.15, -0.1) is 0 Å². The second kappa shape index (κ2) is 4.76. The molecule has 2 aromatic carbocycles. The fraction of sp³-hybridized carbons (Fsp3) is 0.235. The van der Waals surface area contributed by atoms with Crippen molar-refractivity contribution in [3.63, 3.8) is 0 Å². The Bertz CT molecular complexity index is 691. The molecule has 20 heavy (non-hydrogen) atoms. The lowest BCUT2D eigenvalue weighted by Gasteiger charge is -2.13. The lowest BCUT2D eigenvalue weighted by molar-refractivity contribution is -0.121. The largest absolute Gasteiger partial charge is 0.281 e. The molecule has 1 N–H and O–H groups in total. The first-order chi connectivity index (χ1) is 9.60. The van der Waals surface area contributed by atoms with Crippen LogP contribution in [0.15, 0.2) is 36.4 Å². The maximum Gasteiger partial charge on any atom is 0.247 e. The molecule has 0 atom stereocenters. The standard InChI is InChI=1S/C17H17NO2/c1-3-12-4-6-16-13(8-12)9-14-10-15(5-7-17(14)16)18(20)11(2)19/h4-8,10,20H,3,9H2,1-2H3. The Labute approximate surface area is 118 Å². The van der Waals surface area contributed by atoms with Crippen LogP contribution in [0.1, 0.15) is 30.5 Å². The molecule has 1 aliphatic rings. The SMILES string of the molecule is CCc1ccc2c(c1)Cc1cc(N(O)C(C)=O)ccc1-2. The van der Waals surface area contributed by atoms with Gasteiger partial charge in [-0.2, -0.15) is 5.06 Å². The lowest BCUT2D eigenvalue weighted by atomic mass is 10.0. The summed E-state index contributed by atoms with van der Waals surface area (Å²) in [7, 11) is 0. The maximum atomic E-state index is 11.2. The van der Waals surface area contributed by atoms with Crippen LogP contribution in [0.2, 0.25) is 0 Å². The zero-order chi connectivity index (χ0) is 14.3. The Hall–Kier alpha value is -2.13. The fourth-order valence-electron chi connectivity index (χ4n) is 2.78. The molecule has 0 bridgehead atoms. The number of hydroxylamine groups is 1. The summed E-state index contributed by atoms with van der Waals surface area (Å²) in [6.45, 7) is 3.49. The number of hydrogen-bond donors (Lipinski definition) is 1. The molecule has 0 saturated carbocycles. The Morgan fingerprint density at radius 1 is 1.15 bits per heavy atom. The van der Waals surface area contributed by atoms with Crippen molar-refractivity contribution in [2.45, 2.75) is 26.7 Å². The lowest BCUT2D eigenvalue weighted by Crippen LogP contribution is -2.23. The van der Waals surface area contributed by atoms with Crippen molar-refractivity contribution in [2.24, 2.45) is 0 Å². The summed E-state index contributed by atoms with van der Waals surface area (Å²) in [5.41, 5.74) is 6.80. The Morgan fingerprint density at radius 2 is 1.80 bits per heavy atom. The molecule has 0 heterocycles. The van der Waals surface area contributed by atoms with Crippen LogP contribution in [0, 0.1) is 0 Å². The molecule has 102 valence electrons.